The van der Waals surface area contributed by atoms with Crippen LogP contribution in [0.1, 0.15) is 6.42 Å². The van der Waals surface area contributed by atoms with Gasteiger partial charge in [0.25, 0.3) is 0 Å². The Labute approximate surface area is 64.8 Å². The predicted octanol–water partition coefficient (Wildman–Crippen LogP) is 1.23. The van der Waals surface area contributed by atoms with Gasteiger partial charge in [-0.25, -0.2) is 0 Å². The van der Waals surface area contributed by atoms with Crippen molar-refractivity contribution in [2.24, 2.45) is 10.9 Å². The van der Waals surface area contributed by atoms with E-state index < -0.39 is 11.9 Å². The van der Waals surface area contributed by atoms with Crippen molar-refractivity contribution >= 4 is 12.2 Å². The molecule has 0 aliphatic carbocycles. The molecule has 0 bridgehead atoms. The molecule has 1 aliphatic rings. The smallest absolute Gasteiger partial charge is 0.314 e. The van der Waals surface area contributed by atoms with Crippen molar-refractivity contribution in [1.82, 2.24) is 0 Å². The third-order valence-corrected chi connectivity index (χ3v) is 1.35. The number of nitrogens with zero attached hydrogens (tertiary/aromatic N) is 1. The number of aliphatic carboxylic acids is 1. The Kier molecular flexibility index (Phi) is 2.60. The average Bonchev–Trinajstić information content (AvgIpc) is 1.84. The summed E-state index contributed by atoms with van der Waals surface area (Å²) in [7, 11) is 0. The number of rotatable bonds is 1. The van der Waals surface area contributed by atoms with Crippen LogP contribution in [0.4, 0.5) is 0 Å². The van der Waals surface area contributed by atoms with Gasteiger partial charge in [0.1, 0.15) is 0 Å². The van der Waals surface area contributed by atoms with Crippen molar-refractivity contribution in [2.45, 2.75) is 6.42 Å². The Balaban J connectivity index is 2.72. The van der Waals surface area contributed by atoms with Crippen molar-refractivity contribution < 1.29 is 9.90 Å². The van der Waals surface area contributed by atoms with Gasteiger partial charge in [-0.2, -0.15) is 0 Å². The zero-order chi connectivity index (χ0) is 8.10. The molecule has 0 aromatic rings. The molecule has 1 aliphatic heterocycles. The molecule has 0 saturated carbocycles. The van der Waals surface area contributed by atoms with Gasteiger partial charge in [0.15, 0.2) is 0 Å². The molecule has 1 unspecified atom stereocenters. The highest BCUT2D eigenvalue weighted by atomic mass is 16.4. The Hall–Kier alpha value is -1.38. The summed E-state index contributed by atoms with van der Waals surface area (Å²) >= 11 is 0. The van der Waals surface area contributed by atoms with Crippen LogP contribution in [0.2, 0.25) is 0 Å². The number of aliphatic imine (C=N–C) groups is 1. The summed E-state index contributed by atoms with van der Waals surface area (Å²) in [4.78, 5) is 14.3. The number of hydrogen-bond donors (Lipinski definition) is 1. The Morgan fingerprint density at radius 2 is 2.36 bits per heavy atom. The second-order valence-electron chi connectivity index (χ2n) is 2.20. The molecule has 11 heavy (non-hydrogen) atoms. The van der Waals surface area contributed by atoms with Gasteiger partial charge in [0, 0.05) is 18.8 Å². The fraction of sp³-hybridized carbons (Fsp3) is 0.250. The first-order chi connectivity index (χ1) is 5.30. The number of allylic oxidation sites excluding steroid dienone is 1. The van der Waals surface area contributed by atoms with Crippen LogP contribution in [0.5, 0.6) is 0 Å². The predicted molar refractivity (Wildman–Crippen MR) is 42.5 cm³/mol. The third-order valence-electron chi connectivity index (χ3n) is 1.35. The topological polar surface area (TPSA) is 49.7 Å². The molecule has 1 N–H and O–H groups in total. The molecule has 58 valence electrons. The summed E-state index contributed by atoms with van der Waals surface area (Å²) in [6.07, 6.45) is 8.95. The van der Waals surface area contributed by atoms with E-state index in [4.69, 9.17) is 5.11 Å². The molecular formula is C8H9NO2. The van der Waals surface area contributed by atoms with Crippen molar-refractivity contribution in [2.75, 3.05) is 0 Å². The van der Waals surface area contributed by atoms with E-state index in [9.17, 15) is 4.79 Å². The maximum absolute atomic E-state index is 10.5. The van der Waals surface area contributed by atoms with Gasteiger partial charge in [-0.1, -0.05) is 12.2 Å². The molecular weight excluding hydrogens is 142 g/mol. The SMILES string of the molecule is O=C(O)C1C=CCC=NC=C1. The molecule has 1 heterocycles. The molecule has 0 spiro atoms. The van der Waals surface area contributed by atoms with Crippen LogP contribution in [0.3, 0.4) is 0 Å². The average molecular weight is 151 g/mol. The summed E-state index contributed by atoms with van der Waals surface area (Å²) in [6.45, 7) is 0. The lowest BCUT2D eigenvalue weighted by atomic mass is 10.1. The maximum Gasteiger partial charge on any atom is 0.314 e. The van der Waals surface area contributed by atoms with E-state index in [1.54, 1.807) is 24.4 Å². The molecule has 1 rings (SSSR count). The number of hydrogen-bond acceptors (Lipinski definition) is 2. The van der Waals surface area contributed by atoms with Gasteiger partial charge in [-0.3, -0.25) is 9.79 Å². The second kappa shape index (κ2) is 3.71. The first kappa shape index (κ1) is 7.72. The minimum atomic E-state index is -0.838. The number of carboxylic acid groups (broad SMARTS) is 1. The van der Waals surface area contributed by atoms with Crippen molar-refractivity contribution in [3.8, 4) is 0 Å². The van der Waals surface area contributed by atoms with Crippen LogP contribution in [0.15, 0.2) is 29.4 Å². The van der Waals surface area contributed by atoms with Crippen molar-refractivity contribution in [1.29, 1.82) is 0 Å². The molecule has 0 aromatic carbocycles. The van der Waals surface area contributed by atoms with E-state index in [1.807, 2.05) is 0 Å². The summed E-state index contributed by atoms with van der Waals surface area (Å²) in [5.41, 5.74) is 0. The fourth-order valence-corrected chi connectivity index (χ4v) is 0.779. The zero-order valence-corrected chi connectivity index (χ0v) is 5.97. The van der Waals surface area contributed by atoms with Gasteiger partial charge in [-0.05, 0) is 6.08 Å². The van der Waals surface area contributed by atoms with Gasteiger partial charge in [-0.15, -0.1) is 0 Å². The minimum absolute atomic E-state index is 0.521. The summed E-state index contributed by atoms with van der Waals surface area (Å²) < 4.78 is 0. The first-order valence-corrected chi connectivity index (χ1v) is 3.38. The summed E-state index contributed by atoms with van der Waals surface area (Å²) in [5.74, 6) is -1.36. The van der Waals surface area contributed by atoms with Gasteiger partial charge >= 0.3 is 5.97 Å². The molecule has 3 heteroatoms. The molecule has 0 saturated heterocycles. The second-order valence-corrected chi connectivity index (χ2v) is 2.20. The normalized spacial score (nSPS) is 22.7. The van der Waals surface area contributed by atoms with Crippen LogP contribution < -0.4 is 0 Å². The Bertz CT molecular complexity index is 228. The fourth-order valence-electron chi connectivity index (χ4n) is 0.779. The van der Waals surface area contributed by atoms with Crippen LogP contribution >= 0.6 is 0 Å². The standard InChI is InChI=1S/C8H9NO2/c10-8(11)7-3-1-2-5-9-6-4-7/h1,3-7H,2H2,(H,10,11). The lowest BCUT2D eigenvalue weighted by molar-refractivity contribution is -0.138. The van der Waals surface area contributed by atoms with Crippen molar-refractivity contribution in [3.05, 3.63) is 24.4 Å². The molecule has 0 amide bonds. The quantitative estimate of drug-likeness (QED) is 0.573. The lowest BCUT2D eigenvalue weighted by Gasteiger charge is -1.99. The minimum Gasteiger partial charge on any atom is -0.481 e. The number of carboxylic acids is 1. The Morgan fingerprint density at radius 3 is 3.09 bits per heavy atom. The molecule has 1 atom stereocenters. The highest BCUT2D eigenvalue weighted by Crippen LogP contribution is 2.04. The monoisotopic (exact) mass is 151 g/mol. The van der Waals surface area contributed by atoms with Crippen molar-refractivity contribution in [3.63, 3.8) is 0 Å². The van der Waals surface area contributed by atoms with Crippen LogP contribution in [-0.4, -0.2) is 17.3 Å². The Morgan fingerprint density at radius 1 is 1.55 bits per heavy atom. The summed E-state index contributed by atoms with van der Waals surface area (Å²) in [6, 6.07) is 0. The molecule has 0 fully saturated rings. The van der Waals surface area contributed by atoms with E-state index in [-0.39, 0.29) is 0 Å². The van der Waals surface area contributed by atoms with E-state index in [2.05, 4.69) is 4.99 Å². The van der Waals surface area contributed by atoms with E-state index in [0.29, 0.717) is 6.42 Å². The third kappa shape index (κ3) is 2.37. The first-order valence-electron chi connectivity index (χ1n) is 3.38. The van der Waals surface area contributed by atoms with Gasteiger partial charge < -0.3 is 5.11 Å². The van der Waals surface area contributed by atoms with E-state index >= 15 is 0 Å². The largest absolute Gasteiger partial charge is 0.481 e. The zero-order valence-electron chi connectivity index (χ0n) is 5.97. The molecule has 0 radical (unpaired) electrons. The lowest BCUT2D eigenvalue weighted by Crippen LogP contribution is -2.07. The van der Waals surface area contributed by atoms with Crippen LogP contribution in [-0.2, 0) is 4.79 Å². The van der Waals surface area contributed by atoms with E-state index in [1.165, 1.54) is 6.20 Å². The highest BCUT2D eigenvalue weighted by molar-refractivity contribution is 5.75. The van der Waals surface area contributed by atoms with Crippen LogP contribution in [0, 0.1) is 5.92 Å². The molecule has 3 nitrogen and oxygen atoms in total. The van der Waals surface area contributed by atoms with Gasteiger partial charge in [0.05, 0.1) is 5.92 Å². The van der Waals surface area contributed by atoms with Gasteiger partial charge in [0.2, 0.25) is 0 Å². The number of carbonyl (C=O) groups is 1. The molecule has 0 aromatic heterocycles. The summed E-state index contributed by atoms with van der Waals surface area (Å²) in [5, 5.41) is 8.60. The van der Waals surface area contributed by atoms with E-state index in [0.717, 1.165) is 0 Å². The maximum atomic E-state index is 10.5. The highest BCUT2D eigenvalue weighted by Gasteiger charge is 2.08. The van der Waals surface area contributed by atoms with Crippen LogP contribution in [0.25, 0.3) is 0 Å².